The van der Waals surface area contributed by atoms with E-state index in [1.165, 1.54) is 0 Å². The van der Waals surface area contributed by atoms with E-state index in [2.05, 4.69) is 15.5 Å². The number of rotatable bonds is 3. The number of amides is 1. The molecule has 5 heteroatoms. The van der Waals surface area contributed by atoms with Crippen molar-refractivity contribution in [3.05, 3.63) is 42.1 Å². The number of nitrogens with zero attached hydrogens (tertiary/aromatic N) is 2. The maximum Gasteiger partial charge on any atom is 0.427 e. The maximum absolute atomic E-state index is 11.0. The Morgan fingerprint density at radius 3 is 3.11 bits per heavy atom. The number of ether oxygens (including phenoxy) is 1. The third kappa shape index (κ3) is 2.82. The Morgan fingerprint density at radius 2 is 2.28 bits per heavy atom. The number of hydrazone groups is 1. The topological polar surface area (TPSA) is 63.6 Å². The van der Waals surface area contributed by atoms with Gasteiger partial charge < -0.3 is 4.74 Å². The minimum atomic E-state index is -0.563. The van der Waals surface area contributed by atoms with Gasteiger partial charge in [0.15, 0.2) is 0 Å². The number of benzene rings is 1. The van der Waals surface area contributed by atoms with Gasteiger partial charge in [0.05, 0.1) is 18.3 Å². The van der Waals surface area contributed by atoms with Crippen LogP contribution in [0.25, 0.3) is 10.9 Å². The van der Waals surface area contributed by atoms with Gasteiger partial charge in [0.25, 0.3) is 0 Å². The monoisotopic (exact) mass is 243 g/mol. The summed E-state index contributed by atoms with van der Waals surface area (Å²) in [5.74, 6) is 0. The Bertz CT molecular complexity index is 576. The summed E-state index contributed by atoms with van der Waals surface area (Å²) in [5, 5.41) is 4.81. The Hall–Kier alpha value is -2.43. The number of hydrogen-bond acceptors (Lipinski definition) is 4. The van der Waals surface area contributed by atoms with Crippen LogP contribution in [-0.4, -0.2) is 23.9 Å². The molecule has 2 aromatic rings. The van der Waals surface area contributed by atoms with Crippen molar-refractivity contribution in [3.8, 4) is 0 Å². The molecular formula is C13H13N3O2. The zero-order valence-electron chi connectivity index (χ0n) is 9.96. The molecule has 0 fully saturated rings. The fraction of sp³-hybridized carbons (Fsp3) is 0.154. The summed E-state index contributed by atoms with van der Waals surface area (Å²) >= 11 is 0. The van der Waals surface area contributed by atoms with Crippen LogP contribution >= 0.6 is 0 Å². The van der Waals surface area contributed by atoms with Crippen molar-refractivity contribution in [3.63, 3.8) is 0 Å². The normalized spacial score (nSPS) is 10.7. The molecule has 1 amide bonds. The van der Waals surface area contributed by atoms with E-state index in [9.17, 15) is 4.79 Å². The average Bonchev–Trinajstić information content (AvgIpc) is 2.39. The van der Waals surface area contributed by atoms with Gasteiger partial charge in [-0.1, -0.05) is 18.2 Å². The second-order valence-electron chi connectivity index (χ2n) is 3.51. The maximum atomic E-state index is 11.0. The standard InChI is InChI=1S/C13H13N3O2/c1-2-18-13(17)16-15-9-10-7-8-14-12-6-4-3-5-11(10)12/h3-9H,2H2,1H3,(H,16,17)/b15-9+. The third-order valence-corrected chi connectivity index (χ3v) is 2.32. The highest BCUT2D eigenvalue weighted by Gasteiger charge is 1.99. The molecule has 0 atom stereocenters. The highest BCUT2D eigenvalue weighted by Crippen LogP contribution is 2.13. The number of carbonyl (C=O) groups excluding carboxylic acids is 1. The van der Waals surface area contributed by atoms with Crippen molar-refractivity contribution in [1.29, 1.82) is 0 Å². The van der Waals surface area contributed by atoms with Gasteiger partial charge in [-0.15, -0.1) is 0 Å². The van der Waals surface area contributed by atoms with Crippen LogP contribution in [0.1, 0.15) is 12.5 Å². The van der Waals surface area contributed by atoms with Crippen LogP contribution in [0.4, 0.5) is 4.79 Å². The van der Waals surface area contributed by atoms with E-state index >= 15 is 0 Å². The van der Waals surface area contributed by atoms with Crippen LogP contribution < -0.4 is 5.43 Å². The van der Waals surface area contributed by atoms with Gasteiger partial charge in [0, 0.05) is 17.1 Å². The predicted molar refractivity (Wildman–Crippen MR) is 69.5 cm³/mol. The number of nitrogens with one attached hydrogen (secondary N) is 1. The molecule has 1 N–H and O–H groups in total. The lowest BCUT2D eigenvalue weighted by molar-refractivity contribution is 0.152. The third-order valence-electron chi connectivity index (χ3n) is 2.32. The van der Waals surface area contributed by atoms with E-state index < -0.39 is 6.09 Å². The van der Waals surface area contributed by atoms with Gasteiger partial charge in [-0.3, -0.25) is 4.98 Å². The van der Waals surface area contributed by atoms with Crippen LogP contribution in [0.3, 0.4) is 0 Å². The van der Waals surface area contributed by atoms with Crippen molar-refractivity contribution < 1.29 is 9.53 Å². The molecule has 18 heavy (non-hydrogen) atoms. The number of aromatic nitrogens is 1. The fourth-order valence-corrected chi connectivity index (χ4v) is 1.55. The molecule has 0 saturated carbocycles. The second kappa shape index (κ2) is 5.77. The largest absolute Gasteiger partial charge is 0.449 e. The summed E-state index contributed by atoms with van der Waals surface area (Å²) in [7, 11) is 0. The zero-order valence-corrected chi connectivity index (χ0v) is 9.96. The Kier molecular flexibility index (Phi) is 3.86. The molecule has 1 aromatic heterocycles. The lowest BCUT2D eigenvalue weighted by atomic mass is 10.1. The van der Waals surface area contributed by atoms with Crippen molar-refractivity contribution in [2.24, 2.45) is 5.10 Å². The Labute approximate surface area is 104 Å². The average molecular weight is 243 g/mol. The SMILES string of the molecule is CCOC(=O)N/N=C/c1ccnc2ccccc12. The van der Waals surface area contributed by atoms with Gasteiger partial charge in [0.1, 0.15) is 0 Å². The zero-order chi connectivity index (χ0) is 12.8. The summed E-state index contributed by atoms with van der Waals surface area (Å²) in [4.78, 5) is 15.3. The second-order valence-corrected chi connectivity index (χ2v) is 3.51. The van der Waals surface area contributed by atoms with Crippen LogP contribution in [0.2, 0.25) is 0 Å². The van der Waals surface area contributed by atoms with Crippen molar-refractivity contribution in [2.75, 3.05) is 6.61 Å². The van der Waals surface area contributed by atoms with Gasteiger partial charge in [0.2, 0.25) is 0 Å². The first kappa shape index (κ1) is 12.0. The highest BCUT2D eigenvalue weighted by molar-refractivity contribution is 5.98. The lowest BCUT2D eigenvalue weighted by Gasteiger charge is -2.01. The summed E-state index contributed by atoms with van der Waals surface area (Å²) in [6.07, 6.45) is 2.71. The molecule has 0 radical (unpaired) electrons. The quantitative estimate of drug-likeness (QED) is 0.664. The molecule has 0 spiro atoms. The molecule has 0 aliphatic carbocycles. The van der Waals surface area contributed by atoms with E-state index in [1.54, 1.807) is 19.3 Å². The first-order chi connectivity index (χ1) is 8.81. The molecule has 0 saturated heterocycles. The van der Waals surface area contributed by atoms with Crippen molar-refractivity contribution in [2.45, 2.75) is 6.92 Å². The van der Waals surface area contributed by atoms with Crippen molar-refractivity contribution >= 4 is 23.2 Å². The molecular weight excluding hydrogens is 230 g/mol. The number of para-hydroxylation sites is 1. The van der Waals surface area contributed by atoms with Crippen LogP contribution in [0, 0.1) is 0 Å². The van der Waals surface area contributed by atoms with E-state index in [4.69, 9.17) is 4.74 Å². The lowest BCUT2D eigenvalue weighted by Crippen LogP contribution is -2.18. The van der Waals surface area contributed by atoms with Crippen LogP contribution in [0.15, 0.2) is 41.6 Å². The van der Waals surface area contributed by atoms with E-state index in [0.29, 0.717) is 6.61 Å². The first-order valence-electron chi connectivity index (χ1n) is 5.61. The van der Waals surface area contributed by atoms with Crippen molar-refractivity contribution in [1.82, 2.24) is 10.4 Å². The molecule has 5 nitrogen and oxygen atoms in total. The number of pyridine rings is 1. The van der Waals surface area contributed by atoms with E-state index in [-0.39, 0.29) is 0 Å². The Balaban J connectivity index is 2.16. The number of fused-ring (bicyclic) bond motifs is 1. The fourth-order valence-electron chi connectivity index (χ4n) is 1.55. The summed E-state index contributed by atoms with van der Waals surface area (Å²) in [6, 6.07) is 9.56. The van der Waals surface area contributed by atoms with Crippen LogP contribution in [-0.2, 0) is 4.74 Å². The number of hydrogen-bond donors (Lipinski definition) is 1. The van der Waals surface area contributed by atoms with Gasteiger partial charge in [-0.25, -0.2) is 10.2 Å². The summed E-state index contributed by atoms with van der Waals surface area (Å²) < 4.78 is 4.69. The van der Waals surface area contributed by atoms with E-state index in [0.717, 1.165) is 16.5 Å². The summed E-state index contributed by atoms with van der Waals surface area (Å²) in [6.45, 7) is 2.05. The number of carbonyl (C=O) groups is 1. The molecule has 2 rings (SSSR count). The minimum absolute atomic E-state index is 0.319. The van der Waals surface area contributed by atoms with Crippen LogP contribution in [0.5, 0.6) is 0 Å². The van der Waals surface area contributed by atoms with Gasteiger partial charge in [-0.2, -0.15) is 5.10 Å². The van der Waals surface area contributed by atoms with Gasteiger partial charge in [-0.05, 0) is 19.1 Å². The molecule has 1 aromatic carbocycles. The van der Waals surface area contributed by atoms with E-state index in [1.807, 2.05) is 30.3 Å². The molecule has 0 aliphatic heterocycles. The highest BCUT2D eigenvalue weighted by atomic mass is 16.5. The molecule has 1 heterocycles. The smallest absolute Gasteiger partial charge is 0.427 e. The predicted octanol–water partition coefficient (Wildman–Crippen LogP) is 2.31. The molecule has 0 aliphatic rings. The minimum Gasteiger partial charge on any atom is -0.449 e. The molecule has 92 valence electrons. The Morgan fingerprint density at radius 1 is 1.44 bits per heavy atom. The molecule has 0 bridgehead atoms. The first-order valence-corrected chi connectivity index (χ1v) is 5.61. The molecule has 0 unspecified atom stereocenters. The van der Waals surface area contributed by atoms with Gasteiger partial charge >= 0.3 is 6.09 Å². The summed E-state index contributed by atoms with van der Waals surface area (Å²) in [5.41, 5.74) is 4.06.